The second kappa shape index (κ2) is 5.34. The summed E-state index contributed by atoms with van der Waals surface area (Å²) in [6.07, 6.45) is -5.70. The quantitative estimate of drug-likeness (QED) is 0.743. The summed E-state index contributed by atoms with van der Waals surface area (Å²) in [4.78, 5) is 10.3. The second-order valence-electron chi connectivity index (χ2n) is 3.50. The van der Waals surface area contributed by atoms with Gasteiger partial charge in [0.15, 0.2) is 0 Å². The molecule has 0 aliphatic heterocycles. The average Bonchev–Trinajstić information content (AvgIpc) is 2.18. The third-order valence-corrected chi connectivity index (χ3v) is 2.34. The van der Waals surface area contributed by atoms with E-state index in [4.69, 9.17) is 16.7 Å². The van der Waals surface area contributed by atoms with Crippen LogP contribution in [0, 0.1) is 0 Å². The molecule has 0 aliphatic carbocycles. The van der Waals surface area contributed by atoms with Crippen LogP contribution in [0.5, 0.6) is 5.75 Å². The minimum absolute atomic E-state index is 0.110. The van der Waals surface area contributed by atoms with Gasteiger partial charge in [-0.15, -0.1) is 0 Å². The Kier molecular flexibility index (Phi) is 4.28. The molecule has 0 aromatic heterocycles. The van der Waals surface area contributed by atoms with Crippen molar-refractivity contribution < 1.29 is 28.2 Å². The Hall–Kier alpha value is -1.63. The summed E-state index contributed by atoms with van der Waals surface area (Å²) in [5.41, 5.74) is -0.351. The van der Waals surface area contributed by atoms with Crippen molar-refractivity contribution in [2.24, 2.45) is 0 Å². The van der Waals surface area contributed by atoms with Crippen LogP contribution in [0.1, 0.15) is 5.56 Å². The zero-order valence-corrected chi connectivity index (χ0v) is 9.64. The number of phenols is 1. The molecule has 18 heavy (non-hydrogen) atoms. The predicted octanol–water partition coefficient (Wildman–Crippen LogP) is 2.65. The van der Waals surface area contributed by atoms with Gasteiger partial charge in [0.25, 0.3) is 0 Å². The first-order valence-corrected chi connectivity index (χ1v) is 5.10. The van der Waals surface area contributed by atoms with Crippen molar-refractivity contribution in [1.29, 1.82) is 0 Å². The smallest absolute Gasteiger partial charge is 0.393 e. The molecule has 0 saturated heterocycles. The maximum absolute atomic E-state index is 12.2. The minimum atomic E-state index is -4.44. The molecule has 8 heteroatoms. The van der Waals surface area contributed by atoms with Crippen LogP contribution < -0.4 is 5.32 Å². The number of phenolic OH excluding ortho intramolecular Hbond substituents is 1. The van der Waals surface area contributed by atoms with Gasteiger partial charge in [-0.3, -0.25) is 4.79 Å². The Morgan fingerprint density at radius 3 is 2.50 bits per heavy atom. The van der Waals surface area contributed by atoms with Gasteiger partial charge in [-0.25, -0.2) is 0 Å². The van der Waals surface area contributed by atoms with Gasteiger partial charge in [0, 0.05) is 11.1 Å². The van der Waals surface area contributed by atoms with Crippen LogP contribution in [0.15, 0.2) is 12.1 Å². The fraction of sp³-hybridized carbons (Fsp3) is 0.300. The molecule has 0 spiro atoms. The number of benzene rings is 1. The Morgan fingerprint density at radius 1 is 1.39 bits per heavy atom. The highest BCUT2D eigenvalue weighted by atomic mass is 35.5. The van der Waals surface area contributed by atoms with E-state index in [1.165, 1.54) is 0 Å². The lowest BCUT2D eigenvalue weighted by Crippen LogP contribution is -2.14. The molecule has 0 aliphatic rings. The molecule has 1 aromatic rings. The highest BCUT2D eigenvalue weighted by Crippen LogP contribution is 2.33. The van der Waals surface area contributed by atoms with Gasteiger partial charge in [0.1, 0.15) is 12.3 Å². The average molecular weight is 284 g/mol. The molecule has 4 nitrogen and oxygen atoms in total. The zero-order chi connectivity index (χ0) is 13.9. The Balaban J connectivity index is 2.98. The fourth-order valence-electron chi connectivity index (χ4n) is 1.27. The highest BCUT2D eigenvalue weighted by molar-refractivity contribution is 6.31. The van der Waals surface area contributed by atoms with Crippen LogP contribution >= 0.6 is 11.6 Å². The molecular formula is C10H9ClF3NO3. The lowest BCUT2D eigenvalue weighted by atomic mass is 10.1. The molecule has 1 aromatic carbocycles. The maximum Gasteiger partial charge on any atom is 0.393 e. The van der Waals surface area contributed by atoms with E-state index in [1.54, 1.807) is 0 Å². The van der Waals surface area contributed by atoms with Crippen LogP contribution in [-0.4, -0.2) is 28.9 Å². The summed E-state index contributed by atoms with van der Waals surface area (Å²) in [5, 5.41) is 19.9. The van der Waals surface area contributed by atoms with Crippen molar-refractivity contribution >= 4 is 23.3 Å². The van der Waals surface area contributed by atoms with Crippen molar-refractivity contribution in [2.45, 2.75) is 12.6 Å². The number of carbonyl (C=O) groups is 1. The summed E-state index contributed by atoms with van der Waals surface area (Å²) in [6, 6.07) is 1.92. The largest absolute Gasteiger partial charge is 0.506 e. The molecule has 0 fully saturated rings. The number of anilines is 1. The molecule has 3 N–H and O–H groups in total. The summed E-state index contributed by atoms with van der Waals surface area (Å²) in [5.74, 6) is -1.62. The van der Waals surface area contributed by atoms with Crippen molar-refractivity contribution in [3.63, 3.8) is 0 Å². The first-order chi connectivity index (χ1) is 8.19. The number of carboxylic acid groups (broad SMARTS) is 1. The molecule has 0 bridgehead atoms. The van der Waals surface area contributed by atoms with Crippen molar-refractivity contribution in [3.05, 3.63) is 22.7 Å². The molecular weight excluding hydrogens is 275 g/mol. The summed E-state index contributed by atoms with van der Waals surface area (Å²) in [6.45, 7) is -0.527. The van der Waals surface area contributed by atoms with Crippen LogP contribution in [0.25, 0.3) is 0 Å². The number of aliphatic carboxylic acids is 1. The molecule has 0 saturated carbocycles. The van der Waals surface area contributed by atoms with Crippen molar-refractivity contribution in [2.75, 3.05) is 11.9 Å². The molecule has 1 rings (SSSR count). The van der Waals surface area contributed by atoms with Gasteiger partial charge < -0.3 is 15.5 Å². The Morgan fingerprint density at radius 2 is 2.00 bits per heavy atom. The lowest BCUT2D eigenvalue weighted by Gasteiger charge is -2.12. The molecule has 100 valence electrons. The number of rotatable bonds is 4. The third-order valence-electron chi connectivity index (χ3n) is 1.99. The van der Waals surface area contributed by atoms with E-state index in [2.05, 4.69) is 5.32 Å². The minimum Gasteiger partial charge on any atom is -0.506 e. The highest BCUT2D eigenvalue weighted by Gasteiger charge is 2.29. The van der Waals surface area contributed by atoms with Gasteiger partial charge in [0.05, 0.1) is 12.1 Å². The maximum atomic E-state index is 12.2. The van der Waals surface area contributed by atoms with Crippen LogP contribution in [0.4, 0.5) is 18.9 Å². The van der Waals surface area contributed by atoms with Gasteiger partial charge in [-0.1, -0.05) is 11.6 Å². The number of hydrogen-bond donors (Lipinski definition) is 3. The van der Waals surface area contributed by atoms with Gasteiger partial charge >= 0.3 is 12.1 Å². The summed E-state index contributed by atoms with van der Waals surface area (Å²) < 4.78 is 36.7. The predicted molar refractivity (Wildman–Crippen MR) is 59.0 cm³/mol. The van der Waals surface area contributed by atoms with Gasteiger partial charge in [0.2, 0.25) is 0 Å². The molecule has 0 unspecified atom stereocenters. The Labute approximate surface area is 105 Å². The van der Waals surface area contributed by atoms with Crippen molar-refractivity contribution in [1.82, 2.24) is 0 Å². The van der Waals surface area contributed by atoms with Crippen molar-refractivity contribution in [3.8, 4) is 5.75 Å². The number of hydrogen-bond acceptors (Lipinski definition) is 3. The molecule has 0 radical (unpaired) electrons. The fourth-order valence-corrected chi connectivity index (χ4v) is 1.50. The van der Waals surface area contributed by atoms with Gasteiger partial charge in [-0.2, -0.15) is 13.2 Å². The lowest BCUT2D eigenvalue weighted by molar-refractivity contribution is -0.135. The van der Waals surface area contributed by atoms with E-state index in [0.29, 0.717) is 0 Å². The first-order valence-electron chi connectivity index (χ1n) is 4.73. The van der Waals surface area contributed by atoms with Gasteiger partial charge in [-0.05, 0) is 11.6 Å². The number of halogens is 4. The standard InChI is InChI=1S/C10H9ClF3NO3/c11-6-2-8(16)7(15-4-9(17)18)1-5(6)3-10(12,13)14/h1-2,15-16H,3-4H2,(H,17,18). The van der Waals surface area contributed by atoms with Crippen LogP contribution in [-0.2, 0) is 11.2 Å². The van der Waals surface area contributed by atoms with E-state index in [1.807, 2.05) is 0 Å². The van der Waals surface area contributed by atoms with E-state index < -0.39 is 30.9 Å². The van der Waals surface area contributed by atoms with E-state index in [0.717, 1.165) is 12.1 Å². The topological polar surface area (TPSA) is 69.6 Å². The number of nitrogens with one attached hydrogen (secondary N) is 1. The van der Waals surface area contributed by atoms with E-state index >= 15 is 0 Å². The molecule has 0 amide bonds. The molecule has 0 atom stereocenters. The number of aromatic hydroxyl groups is 1. The number of alkyl halides is 3. The second-order valence-corrected chi connectivity index (χ2v) is 3.91. The van der Waals surface area contributed by atoms with E-state index in [9.17, 15) is 23.1 Å². The number of carboxylic acids is 1. The summed E-state index contributed by atoms with van der Waals surface area (Å²) >= 11 is 5.57. The monoisotopic (exact) mass is 283 g/mol. The van der Waals surface area contributed by atoms with Crippen LogP contribution in [0.2, 0.25) is 5.02 Å². The van der Waals surface area contributed by atoms with Crippen LogP contribution in [0.3, 0.4) is 0 Å². The third kappa shape index (κ3) is 4.33. The SMILES string of the molecule is O=C(O)CNc1cc(CC(F)(F)F)c(Cl)cc1O. The Bertz CT molecular complexity index is 462. The summed E-state index contributed by atoms with van der Waals surface area (Å²) in [7, 11) is 0. The zero-order valence-electron chi connectivity index (χ0n) is 8.88. The normalized spacial score (nSPS) is 11.3. The van der Waals surface area contributed by atoms with E-state index in [-0.39, 0.29) is 16.3 Å². The molecule has 0 heterocycles. The first kappa shape index (κ1) is 14.4.